The molecule has 0 saturated heterocycles. The Hall–Kier alpha value is -1.39. The monoisotopic (exact) mass is 264 g/mol. The lowest BCUT2D eigenvalue weighted by Gasteiger charge is -2.06. The first kappa shape index (κ1) is 13.1. The first-order valence-corrected chi connectivity index (χ1v) is 6.32. The molecule has 2 aromatic rings. The molecule has 0 spiro atoms. The number of halogens is 1. The third-order valence-corrected chi connectivity index (χ3v) is 3.44. The van der Waals surface area contributed by atoms with Crippen LogP contribution in [0.2, 0.25) is 5.02 Å². The highest BCUT2D eigenvalue weighted by molar-refractivity contribution is 6.31. The summed E-state index contributed by atoms with van der Waals surface area (Å²) in [6.45, 7) is 5.39. The van der Waals surface area contributed by atoms with E-state index in [1.807, 2.05) is 17.7 Å². The molecule has 0 amide bonds. The van der Waals surface area contributed by atoms with E-state index in [1.54, 1.807) is 12.4 Å². The maximum atomic E-state index is 6.11. The molecule has 0 unspecified atom stereocenters. The predicted molar refractivity (Wildman–Crippen MR) is 72.8 cm³/mol. The third kappa shape index (κ3) is 2.54. The number of hydrogen-bond donors (Lipinski definition) is 1. The van der Waals surface area contributed by atoms with Gasteiger partial charge in [-0.05, 0) is 44.0 Å². The topological polar surface area (TPSA) is 56.7 Å². The number of pyridine rings is 1. The van der Waals surface area contributed by atoms with Crippen molar-refractivity contribution in [3.8, 4) is 0 Å². The Bertz CT molecular complexity index is 548. The summed E-state index contributed by atoms with van der Waals surface area (Å²) < 4.78 is 1.97. The normalized spacial score (nSPS) is 10.9. The largest absolute Gasteiger partial charge is 0.330 e. The molecule has 96 valence electrons. The summed E-state index contributed by atoms with van der Waals surface area (Å²) in [6, 6.07) is 1.92. The SMILES string of the molecule is Cc1nn(Cc2ccncc2Cl)c(C)c1CCN. The van der Waals surface area contributed by atoms with Crippen LogP contribution in [0.4, 0.5) is 0 Å². The van der Waals surface area contributed by atoms with Crippen molar-refractivity contribution in [1.29, 1.82) is 0 Å². The average molecular weight is 265 g/mol. The standard InChI is InChI=1S/C13H17ClN4/c1-9-12(3-5-15)10(2)18(17-9)8-11-4-6-16-7-13(11)14/h4,6-7H,3,5,8,15H2,1-2H3. The first-order valence-electron chi connectivity index (χ1n) is 5.94. The summed E-state index contributed by atoms with van der Waals surface area (Å²) in [5.41, 5.74) is 10.1. The van der Waals surface area contributed by atoms with E-state index in [0.29, 0.717) is 18.1 Å². The van der Waals surface area contributed by atoms with Crippen LogP contribution in [0.5, 0.6) is 0 Å². The average Bonchev–Trinajstić information content (AvgIpc) is 2.60. The number of hydrogen-bond acceptors (Lipinski definition) is 3. The second-order valence-corrected chi connectivity index (χ2v) is 4.72. The zero-order valence-corrected chi connectivity index (χ0v) is 11.4. The summed E-state index contributed by atoms with van der Waals surface area (Å²) in [5.74, 6) is 0. The molecular formula is C13H17ClN4. The fraction of sp³-hybridized carbons (Fsp3) is 0.385. The molecule has 0 aliphatic heterocycles. The van der Waals surface area contributed by atoms with Gasteiger partial charge in [0.25, 0.3) is 0 Å². The molecule has 0 bridgehead atoms. The Morgan fingerprint density at radius 2 is 2.17 bits per heavy atom. The van der Waals surface area contributed by atoms with Crippen LogP contribution in [-0.2, 0) is 13.0 Å². The molecule has 4 nitrogen and oxygen atoms in total. The maximum absolute atomic E-state index is 6.11. The fourth-order valence-electron chi connectivity index (χ4n) is 2.09. The molecule has 18 heavy (non-hydrogen) atoms. The van der Waals surface area contributed by atoms with Gasteiger partial charge < -0.3 is 5.73 Å². The van der Waals surface area contributed by atoms with Crippen LogP contribution in [0.3, 0.4) is 0 Å². The van der Waals surface area contributed by atoms with Gasteiger partial charge in [-0.3, -0.25) is 9.67 Å². The van der Waals surface area contributed by atoms with Gasteiger partial charge in [0.15, 0.2) is 0 Å². The van der Waals surface area contributed by atoms with Gasteiger partial charge in [0.05, 0.1) is 17.3 Å². The predicted octanol–water partition coefficient (Wildman–Crippen LogP) is 2.10. The molecule has 0 saturated carbocycles. The maximum Gasteiger partial charge on any atom is 0.0678 e. The second kappa shape index (κ2) is 5.50. The van der Waals surface area contributed by atoms with Gasteiger partial charge in [0.2, 0.25) is 0 Å². The van der Waals surface area contributed by atoms with Gasteiger partial charge >= 0.3 is 0 Å². The minimum atomic E-state index is 0.642. The number of aromatic nitrogens is 3. The van der Waals surface area contributed by atoms with E-state index in [0.717, 1.165) is 23.4 Å². The van der Waals surface area contributed by atoms with E-state index in [9.17, 15) is 0 Å². The van der Waals surface area contributed by atoms with E-state index >= 15 is 0 Å². The molecule has 0 aliphatic rings. The second-order valence-electron chi connectivity index (χ2n) is 4.31. The summed E-state index contributed by atoms with van der Waals surface area (Å²) in [4.78, 5) is 3.98. The van der Waals surface area contributed by atoms with Crippen LogP contribution < -0.4 is 5.73 Å². The Morgan fingerprint density at radius 1 is 1.39 bits per heavy atom. The van der Waals surface area contributed by atoms with Crippen molar-refractivity contribution in [2.24, 2.45) is 5.73 Å². The molecule has 0 aliphatic carbocycles. The van der Waals surface area contributed by atoms with Crippen LogP contribution in [0.15, 0.2) is 18.5 Å². The highest BCUT2D eigenvalue weighted by atomic mass is 35.5. The molecule has 2 rings (SSSR count). The summed E-state index contributed by atoms with van der Waals surface area (Å²) in [7, 11) is 0. The minimum Gasteiger partial charge on any atom is -0.330 e. The van der Waals surface area contributed by atoms with Crippen molar-refractivity contribution in [2.45, 2.75) is 26.8 Å². The quantitative estimate of drug-likeness (QED) is 0.920. The lowest BCUT2D eigenvalue weighted by molar-refractivity contribution is 0.657. The van der Waals surface area contributed by atoms with Gasteiger partial charge in [-0.1, -0.05) is 11.6 Å². The summed E-state index contributed by atoms with van der Waals surface area (Å²) in [5, 5.41) is 5.22. The minimum absolute atomic E-state index is 0.642. The smallest absolute Gasteiger partial charge is 0.0678 e. The Balaban J connectivity index is 2.30. The van der Waals surface area contributed by atoms with Crippen molar-refractivity contribution >= 4 is 11.6 Å². The Labute approximate surface area is 112 Å². The van der Waals surface area contributed by atoms with Gasteiger partial charge in [-0.15, -0.1) is 0 Å². The Morgan fingerprint density at radius 3 is 2.83 bits per heavy atom. The Kier molecular flexibility index (Phi) is 3.99. The lowest BCUT2D eigenvalue weighted by atomic mass is 10.1. The zero-order valence-electron chi connectivity index (χ0n) is 10.7. The van der Waals surface area contributed by atoms with Crippen LogP contribution in [-0.4, -0.2) is 21.3 Å². The number of aryl methyl sites for hydroxylation is 1. The van der Waals surface area contributed by atoms with Crippen LogP contribution in [0.25, 0.3) is 0 Å². The van der Waals surface area contributed by atoms with Crippen molar-refractivity contribution in [3.63, 3.8) is 0 Å². The van der Waals surface area contributed by atoms with Crippen molar-refractivity contribution in [3.05, 3.63) is 46.0 Å². The molecule has 0 atom stereocenters. The number of rotatable bonds is 4. The van der Waals surface area contributed by atoms with E-state index in [2.05, 4.69) is 17.0 Å². The summed E-state index contributed by atoms with van der Waals surface area (Å²) >= 11 is 6.11. The van der Waals surface area contributed by atoms with Crippen molar-refractivity contribution in [2.75, 3.05) is 6.54 Å². The van der Waals surface area contributed by atoms with E-state index in [1.165, 1.54) is 5.56 Å². The fourth-order valence-corrected chi connectivity index (χ4v) is 2.27. The van der Waals surface area contributed by atoms with Gasteiger partial charge in [0, 0.05) is 18.1 Å². The molecule has 2 N–H and O–H groups in total. The zero-order chi connectivity index (χ0) is 13.1. The number of nitrogens with zero attached hydrogens (tertiary/aromatic N) is 3. The molecular weight excluding hydrogens is 248 g/mol. The first-order chi connectivity index (χ1) is 8.63. The van der Waals surface area contributed by atoms with Crippen LogP contribution >= 0.6 is 11.6 Å². The van der Waals surface area contributed by atoms with E-state index < -0.39 is 0 Å². The van der Waals surface area contributed by atoms with Gasteiger partial charge in [-0.2, -0.15) is 5.10 Å². The highest BCUT2D eigenvalue weighted by Crippen LogP contribution is 2.18. The molecule has 0 aromatic carbocycles. The molecule has 0 fully saturated rings. The van der Waals surface area contributed by atoms with Crippen LogP contribution in [0.1, 0.15) is 22.5 Å². The van der Waals surface area contributed by atoms with Gasteiger partial charge in [-0.25, -0.2) is 0 Å². The third-order valence-electron chi connectivity index (χ3n) is 3.10. The van der Waals surface area contributed by atoms with Gasteiger partial charge in [0.1, 0.15) is 0 Å². The van der Waals surface area contributed by atoms with Crippen molar-refractivity contribution in [1.82, 2.24) is 14.8 Å². The molecule has 5 heteroatoms. The number of nitrogens with two attached hydrogens (primary N) is 1. The lowest BCUT2D eigenvalue weighted by Crippen LogP contribution is -2.07. The van der Waals surface area contributed by atoms with Crippen LogP contribution in [0, 0.1) is 13.8 Å². The van der Waals surface area contributed by atoms with Crippen molar-refractivity contribution < 1.29 is 0 Å². The summed E-state index contributed by atoms with van der Waals surface area (Å²) in [6.07, 6.45) is 4.26. The van der Waals surface area contributed by atoms with E-state index in [-0.39, 0.29) is 0 Å². The van der Waals surface area contributed by atoms with E-state index in [4.69, 9.17) is 17.3 Å². The molecule has 2 heterocycles. The molecule has 0 radical (unpaired) electrons. The molecule has 2 aromatic heterocycles. The highest BCUT2D eigenvalue weighted by Gasteiger charge is 2.11.